The van der Waals surface area contributed by atoms with Crippen LogP contribution in [0.4, 0.5) is 18.3 Å². The summed E-state index contributed by atoms with van der Waals surface area (Å²) in [6.45, 7) is 3.65. The molecule has 11 heteroatoms. The molecule has 0 saturated carbocycles. The summed E-state index contributed by atoms with van der Waals surface area (Å²) < 4.78 is 40.1. The van der Waals surface area contributed by atoms with Crippen LogP contribution in [0.15, 0.2) is 36.5 Å². The lowest BCUT2D eigenvalue weighted by Crippen LogP contribution is -2.13. The molecule has 0 aliphatic rings. The van der Waals surface area contributed by atoms with Crippen LogP contribution < -0.4 is 5.32 Å². The van der Waals surface area contributed by atoms with Gasteiger partial charge in [0.1, 0.15) is 0 Å². The first-order valence-electron chi connectivity index (χ1n) is 8.82. The molecule has 0 fully saturated rings. The van der Waals surface area contributed by atoms with Crippen molar-refractivity contribution in [2.24, 2.45) is 0 Å². The highest BCUT2D eigenvalue weighted by molar-refractivity contribution is 7.15. The molecule has 154 valence electrons. The van der Waals surface area contributed by atoms with Crippen LogP contribution in [0.3, 0.4) is 0 Å². The van der Waals surface area contributed by atoms with Gasteiger partial charge in [0.2, 0.25) is 5.82 Å². The van der Waals surface area contributed by atoms with Crippen molar-refractivity contribution in [3.05, 3.63) is 69.7 Å². The molecule has 7 nitrogen and oxygen atoms in total. The summed E-state index contributed by atoms with van der Waals surface area (Å²) in [5.74, 6) is -0.273. The van der Waals surface area contributed by atoms with Crippen LogP contribution in [-0.4, -0.2) is 30.5 Å². The molecule has 1 aromatic carbocycles. The summed E-state index contributed by atoms with van der Waals surface area (Å²) in [7, 11) is 0. The zero-order chi connectivity index (χ0) is 21.5. The summed E-state index contributed by atoms with van der Waals surface area (Å²) in [6, 6.07) is 6.95. The molecule has 4 aromatic rings. The van der Waals surface area contributed by atoms with Crippen molar-refractivity contribution in [2.75, 3.05) is 5.32 Å². The number of benzene rings is 1. The summed E-state index contributed by atoms with van der Waals surface area (Å²) in [4.78, 5) is 25.7. The predicted molar refractivity (Wildman–Crippen MR) is 105 cm³/mol. The van der Waals surface area contributed by atoms with Gasteiger partial charge >= 0.3 is 6.18 Å². The highest BCUT2D eigenvalue weighted by Gasteiger charge is 2.30. The molecule has 0 radical (unpaired) electrons. The number of thiazole rings is 1. The van der Waals surface area contributed by atoms with Gasteiger partial charge in [-0.05, 0) is 31.5 Å². The number of hydrogen-bond acceptors (Lipinski definition) is 6. The minimum atomic E-state index is -4.39. The molecule has 4 rings (SSSR count). The van der Waals surface area contributed by atoms with E-state index in [1.54, 1.807) is 6.07 Å². The number of alkyl halides is 3. The number of nitrogens with zero attached hydrogens (tertiary/aromatic N) is 5. The fraction of sp³-hybridized carbons (Fsp3) is 0.211. The number of aryl methyl sites for hydroxylation is 2. The Morgan fingerprint density at radius 1 is 1.20 bits per heavy atom. The van der Waals surface area contributed by atoms with Gasteiger partial charge in [0.25, 0.3) is 11.7 Å². The van der Waals surface area contributed by atoms with Crippen LogP contribution in [0.2, 0.25) is 0 Å². The number of anilines is 1. The molecule has 1 N–H and O–H groups in total. The zero-order valence-electron chi connectivity index (χ0n) is 15.9. The number of hydrogen-bond donors (Lipinski definition) is 1. The van der Waals surface area contributed by atoms with Crippen molar-refractivity contribution in [2.45, 2.75) is 26.4 Å². The molecule has 30 heavy (non-hydrogen) atoms. The normalized spacial score (nSPS) is 11.8. The average molecular weight is 432 g/mol. The third-order valence-electron chi connectivity index (χ3n) is 4.23. The number of rotatable bonds is 4. The zero-order valence-corrected chi connectivity index (χ0v) is 16.7. The van der Waals surface area contributed by atoms with E-state index in [-0.39, 0.29) is 12.2 Å². The molecular formula is C19H15F3N6OS. The van der Waals surface area contributed by atoms with Crippen molar-refractivity contribution in [3.63, 3.8) is 0 Å². The van der Waals surface area contributed by atoms with E-state index in [0.29, 0.717) is 21.3 Å². The second kappa shape index (κ2) is 7.48. The Morgan fingerprint density at radius 3 is 2.77 bits per heavy atom. The Balaban J connectivity index is 1.48. The van der Waals surface area contributed by atoms with Crippen molar-refractivity contribution in [3.8, 4) is 0 Å². The number of nitrogens with one attached hydrogen (secondary N) is 1. The minimum absolute atomic E-state index is 0.0502. The van der Waals surface area contributed by atoms with E-state index in [4.69, 9.17) is 0 Å². The molecule has 0 unspecified atom stereocenters. The van der Waals surface area contributed by atoms with Gasteiger partial charge < -0.3 is 0 Å². The molecule has 0 saturated heterocycles. The SMILES string of the molecule is Cc1cc(C)n2nc(C(=O)Nc3ncc(Cc4cccc(C(F)(F)F)c4)s3)nc2n1. The fourth-order valence-corrected chi connectivity index (χ4v) is 3.76. The third kappa shape index (κ3) is 4.15. The summed E-state index contributed by atoms with van der Waals surface area (Å²) >= 11 is 1.17. The Kier molecular flexibility index (Phi) is 4.98. The van der Waals surface area contributed by atoms with E-state index in [0.717, 1.165) is 23.5 Å². The second-order valence-electron chi connectivity index (χ2n) is 6.65. The number of halogens is 3. The number of carbonyl (C=O) groups is 1. The maximum atomic E-state index is 12.9. The fourth-order valence-electron chi connectivity index (χ4n) is 2.92. The largest absolute Gasteiger partial charge is 0.416 e. The van der Waals surface area contributed by atoms with Crippen LogP contribution in [0.1, 0.15) is 38.0 Å². The summed E-state index contributed by atoms with van der Waals surface area (Å²) in [5.41, 5.74) is 1.36. The van der Waals surface area contributed by atoms with E-state index >= 15 is 0 Å². The Labute approximate surface area is 172 Å². The molecule has 0 aliphatic carbocycles. The molecule has 0 aliphatic heterocycles. The lowest BCUT2D eigenvalue weighted by Gasteiger charge is -2.07. The van der Waals surface area contributed by atoms with Gasteiger partial charge in [0.05, 0.1) is 5.56 Å². The maximum absolute atomic E-state index is 12.9. The Bertz CT molecular complexity index is 1250. The van der Waals surface area contributed by atoms with Crippen molar-refractivity contribution >= 4 is 28.2 Å². The van der Waals surface area contributed by atoms with E-state index in [1.165, 1.54) is 28.1 Å². The predicted octanol–water partition coefficient (Wildman–Crippen LogP) is 4.06. The van der Waals surface area contributed by atoms with Gasteiger partial charge in [-0.2, -0.15) is 18.2 Å². The van der Waals surface area contributed by atoms with E-state index in [9.17, 15) is 18.0 Å². The average Bonchev–Trinajstić information content (AvgIpc) is 3.28. The smallest absolute Gasteiger partial charge is 0.295 e. The van der Waals surface area contributed by atoms with Gasteiger partial charge in [0.15, 0.2) is 5.13 Å². The first-order chi connectivity index (χ1) is 14.2. The highest BCUT2D eigenvalue weighted by atomic mass is 32.1. The Morgan fingerprint density at radius 2 is 2.00 bits per heavy atom. The maximum Gasteiger partial charge on any atom is 0.416 e. The summed E-state index contributed by atoms with van der Waals surface area (Å²) in [6.07, 6.45) is -2.60. The first-order valence-corrected chi connectivity index (χ1v) is 9.64. The topological polar surface area (TPSA) is 85.1 Å². The molecule has 3 aromatic heterocycles. The van der Waals surface area contributed by atoms with E-state index in [2.05, 4.69) is 25.4 Å². The third-order valence-corrected chi connectivity index (χ3v) is 5.14. The quantitative estimate of drug-likeness (QED) is 0.526. The molecule has 0 spiro atoms. The standard InChI is InChI=1S/C19H15F3N6OS/c1-10-6-11(2)28-17(24-10)25-15(27-28)16(29)26-18-23-9-14(30-18)8-12-4-3-5-13(7-12)19(20,21)22/h3-7,9H,8H2,1-2H3,(H,23,26,29). The highest BCUT2D eigenvalue weighted by Crippen LogP contribution is 2.30. The second-order valence-corrected chi connectivity index (χ2v) is 7.76. The van der Waals surface area contributed by atoms with Crippen molar-refractivity contribution < 1.29 is 18.0 Å². The van der Waals surface area contributed by atoms with Gasteiger partial charge in [-0.3, -0.25) is 10.1 Å². The van der Waals surface area contributed by atoms with Gasteiger partial charge in [-0.25, -0.2) is 14.5 Å². The molecule has 0 atom stereocenters. The molecule has 1 amide bonds. The van der Waals surface area contributed by atoms with Gasteiger partial charge in [-0.1, -0.05) is 18.2 Å². The van der Waals surface area contributed by atoms with E-state index in [1.807, 2.05) is 19.9 Å². The molecule has 0 bridgehead atoms. The minimum Gasteiger partial charge on any atom is -0.295 e. The van der Waals surface area contributed by atoms with Crippen molar-refractivity contribution in [1.82, 2.24) is 24.6 Å². The number of amides is 1. The van der Waals surface area contributed by atoms with Crippen LogP contribution >= 0.6 is 11.3 Å². The first kappa shape index (κ1) is 20.0. The number of carbonyl (C=O) groups excluding carboxylic acids is 1. The lowest BCUT2D eigenvalue weighted by molar-refractivity contribution is -0.137. The van der Waals surface area contributed by atoms with Crippen molar-refractivity contribution in [1.29, 1.82) is 0 Å². The van der Waals surface area contributed by atoms with Gasteiger partial charge in [0, 0.05) is 28.9 Å². The number of fused-ring (bicyclic) bond motifs is 1. The van der Waals surface area contributed by atoms with Crippen LogP contribution in [0, 0.1) is 13.8 Å². The molecule has 3 heterocycles. The Hall–Kier alpha value is -3.34. The van der Waals surface area contributed by atoms with Crippen LogP contribution in [0.5, 0.6) is 0 Å². The van der Waals surface area contributed by atoms with Crippen LogP contribution in [0.25, 0.3) is 5.78 Å². The molecular weight excluding hydrogens is 417 g/mol. The lowest BCUT2D eigenvalue weighted by atomic mass is 10.1. The number of aromatic nitrogens is 5. The monoisotopic (exact) mass is 432 g/mol. The van der Waals surface area contributed by atoms with Crippen LogP contribution in [-0.2, 0) is 12.6 Å². The van der Waals surface area contributed by atoms with Gasteiger partial charge in [-0.15, -0.1) is 16.4 Å². The van der Waals surface area contributed by atoms with E-state index < -0.39 is 17.6 Å². The summed E-state index contributed by atoms with van der Waals surface area (Å²) in [5, 5.41) is 7.08.